The molecule has 0 aromatic heterocycles. The third-order valence-electron chi connectivity index (χ3n) is 3.20. The fourth-order valence-electron chi connectivity index (χ4n) is 2.00. The van der Waals surface area contributed by atoms with Crippen molar-refractivity contribution in [3.63, 3.8) is 0 Å². The lowest BCUT2D eigenvalue weighted by Gasteiger charge is -2.30. The SMILES string of the molecule is COCCCCC(CCl)(CCl)c1cccc(Br)c1. The molecule has 0 N–H and O–H groups in total. The molecule has 0 saturated carbocycles. The molecule has 0 bridgehead atoms. The van der Waals surface area contributed by atoms with E-state index in [1.165, 1.54) is 5.56 Å². The zero-order valence-electron chi connectivity index (χ0n) is 10.6. The third kappa shape index (κ3) is 4.41. The molecular weight excluding hydrogens is 335 g/mol. The molecule has 0 radical (unpaired) electrons. The van der Waals surface area contributed by atoms with Gasteiger partial charge in [0, 0.05) is 35.4 Å². The van der Waals surface area contributed by atoms with Gasteiger partial charge in [-0.25, -0.2) is 0 Å². The van der Waals surface area contributed by atoms with E-state index in [-0.39, 0.29) is 5.41 Å². The first kappa shape index (κ1) is 16.3. The number of rotatable bonds is 8. The van der Waals surface area contributed by atoms with Crippen LogP contribution in [0.3, 0.4) is 0 Å². The Bertz CT molecular complexity index is 353. The van der Waals surface area contributed by atoms with Gasteiger partial charge in [-0.3, -0.25) is 0 Å². The molecule has 102 valence electrons. The van der Waals surface area contributed by atoms with E-state index >= 15 is 0 Å². The zero-order valence-corrected chi connectivity index (χ0v) is 13.7. The van der Waals surface area contributed by atoms with Crippen molar-refractivity contribution in [2.45, 2.75) is 24.7 Å². The van der Waals surface area contributed by atoms with E-state index in [9.17, 15) is 0 Å². The van der Waals surface area contributed by atoms with Crippen LogP contribution in [0.15, 0.2) is 28.7 Å². The second kappa shape index (κ2) is 8.42. The van der Waals surface area contributed by atoms with E-state index in [1.807, 2.05) is 12.1 Å². The molecular formula is C14H19BrCl2O. The highest BCUT2D eigenvalue weighted by molar-refractivity contribution is 9.10. The maximum atomic E-state index is 6.19. The lowest BCUT2D eigenvalue weighted by molar-refractivity contribution is 0.190. The van der Waals surface area contributed by atoms with Gasteiger partial charge in [-0.05, 0) is 30.5 Å². The molecule has 0 aliphatic carbocycles. The number of alkyl halides is 2. The largest absolute Gasteiger partial charge is 0.385 e. The van der Waals surface area contributed by atoms with Gasteiger partial charge in [0.05, 0.1) is 0 Å². The van der Waals surface area contributed by atoms with Crippen LogP contribution in [-0.4, -0.2) is 25.5 Å². The third-order valence-corrected chi connectivity index (χ3v) is 4.72. The summed E-state index contributed by atoms with van der Waals surface area (Å²) >= 11 is 15.9. The van der Waals surface area contributed by atoms with Crippen LogP contribution in [0.2, 0.25) is 0 Å². The summed E-state index contributed by atoms with van der Waals surface area (Å²) in [6, 6.07) is 8.26. The summed E-state index contributed by atoms with van der Waals surface area (Å²) in [5, 5.41) is 0. The van der Waals surface area contributed by atoms with Crippen molar-refractivity contribution >= 4 is 39.1 Å². The van der Waals surface area contributed by atoms with E-state index in [1.54, 1.807) is 7.11 Å². The highest BCUT2D eigenvalue weighted by atomic mass is 79.9. The van der Waals surface area contributed by atoms with E-state index in [0.29, 0.717) is 11.8 Å². The molecule has 0 heterocycles. The molecule has 0 aliphatic heterocycles. The Kier molecular flexibility index (Phi) is 7.62. The van der Waals surface area contributed by atoms with E-state index in [2.05, 4.69) is 28.1 Å². The standard InChI is InChI=1S/C14H19BrCl2O/c1-18-8-3-2-7-14(10-16,11-17)12-5-4-6-13(15)9-12/h4-6,9H,2-3,7-8,10-11H2,1H3. The Morgan fingerprint density at radius 2 is 1.94 bits per heavy atom. The fraction of sp³-hybridized carbons (Fsp3) is 0.571. The minimum absolute atomic E-state index is 0.138. The zero-order chi connectivity index (χ0) is 13.4. The van der Waals surface area contributed by atoms with Gasteiger partial charge >= 0.3 is 0 Å². The molecule has 0 unspecified atom stereocenters. The number of ether oxygens (including phenoxy) is 1. The van der Waals surface area contributed by atoms with Crippen molar-refractivity contribution in [3.8, 4) is 0 Å². The molecule has 0 atom stereocenters. The Morgan fingerprint density at radius 3 is 2.50 bits per heavy atom. The summed E-state index contributed by atoms with van der Waals surface area (Å²) in [4.78, 5) is 0. The van der Waals surface area contributed by atoms with Crippen LogP contribution in [0.4, 0.5) is 0 Å². The molecule has 0 spiro atoms. The number of unbranched alkanes of at least 4 members (excludes halogenated alkanes) is 1. The summed E-state index contributed by atoms with van der Waals surface area (Å²) in [5.74, 6) is 1.08. The Hall–Kier alpha value is 0.240. The van der Waals surface area contributed by atoms with Crippen LogP contribution in [-0.2, 0) is 10.2 Å². The van der Waals surface area contributed by atoms with Gasteiger partial charge in [0.25, 0.3) is 0 Å². The van der Waals surface area contributed by atoms with Crippen LogP contribution in [0.1, 0.15) is 24.8 Å². The van der Waals surface area contributed by atoms with Gasteiger partial charge in [-0.15, -0.1) is 23.2 Å². The highest BCUT2D eigenvalue weighted by Crippen LogP contribution is 2.34. The first-order valence-corrected chi connectivity index (χ1v) is 7.91. The average molecular weight is 354 g/mol. The lowest BCUT2D eigenvalue weighted by Crippen LogP contribution is -2.30. The molecule has 1 rings (SSSR count). The monoisotopic (exact) mass is 352 g/mol. The number of benzene rings is 1. The summed E-state index contributed by atoms with van der Waals surface area (Å²) in [6.07, 6.45) is 3.10. The van der Waals surface area contributed by atoms with Crippen molar-refractivity contribution in [2.75, 3.05) is 25.5 Å². The maximum Gasteiger partial charge on any atom is 0.0462 e. The molecule has 1 aromatic carbocycles. The number of hydrogen-bond donors (Lipinski definition) is 0. The van der Waals surface area contributed by atoms with Crippen molar-refractivity contribution in [1.82, 2.24) is 0 Å². The predicted molar refractivity (Wildman–Crippen MR) is 83.0 cm³/mol. The van der Waals surface area contributed by atoms with Gasteiger partial charge in [0.2, 0.25) is 0 Å². The molecule has 0 aliphatic rings. The van der Waals surface area contributed by atoms with Gasteiger partial charge in [-0.2, -0.15) is 0 Å². The van der Waals surface area contributed by atoms with E-state index < -0.39 is 0 Å². The van der Waals surface area contributed by atoms with Crippen molar-refractivity contribution < 1.29 is 4.74 Å². The summed E-state index contributed by atoms with van der Waals surface area (Å²) in [5.41, 5.74) is 1.07. The molecule has 0 saturated heterocycles. The second-order valence-electron chi connectivity index (χ2n) is 4.51. The molecule has 4 heteroatoms. The number of halogens is 3. The van der Waals surface area contributed by atoms with Gasteiger partial charge in [0.1, 0.15) is 0 Å². The normalized spacial score (nSPS) is 11.8. The van der Waals surface area contributed by atoms with Crippen LogP contribution in [0, 0.1) is 0 Å². The minimum atomic E-state index is -0.138. The molecule has 1 aromatic rings. The number of hydrogen-bond acceptors (Lipinski definition) is 1. The van der Waals surface area contributed by atoms with Gasteiger partial charge < -0.3 is 4.74 Å². The van der Waals surface area contributed by atoms with Crippen molar-refractivity contribution in [2.24, 2.45) is 0 Å². The Labute approximate surface area is 128 Å². The van der Waals surface area contributed by atoms with Crippen LogP contribution in [0.25, 0.3) is 0 Å². The van der Waals surface area contributed by atoms with E-state index in [0.717, 1.165) is 30.3 Å². The molecule has 0 amide bonds. The minimum Gasteiger partial charge on any atom is -0.385 e. The quantitative estimate of drug-likeness (QED) is 0.473. The average Bonchev–Trinajstić information content (AvgIpc) is 2.40. The maximum absolute atomic E-state index is 6.19. The molecule has 1 nitrogen and oxygen atoms in total. The van der Waals surface area contributed by atoms with Crippen LogP contribution < -0.4 is 0 Å². The molecule has 18 heavy (non-hydrogen) atoms. The summed E-state index contributed by atoms with van der Waals surface area (Å²) in [7, 11) is 1.73. The van der Waals surface area contributed by atoms with Crippen molar-refractivity contribution in [3.05, 3.63) is 34.3 Å². The van der Waals surface area contributed by atoms with Crippen LogP contribution >= 0.6 is 39.1 Å². The highest BCUT2D eigenvalue weighted by Gasteiger charge is 2.30. The Balaban J connectivity index is 2.79. The molecule has 0 fully saturated rings. The van der Waals surface area contributed by atoms with Crippen molar-refractivity contribution in [1.29, 1.82) is 0 Å². The fourth-order valence-corrected chi connectivity index (χ4v) is 3.26. The Morgan fingerprint density at radius 1 is 1.22 bits per heavy atom. The van der Waals surface area contributed by atoms with Gasteiger partial charge in [0.15, 0.2) is 0 Å². The van der Waals surface area contributed by atoms with E-state index in [4.69, 9.17) is 27.9 Å². The topological polar surface area (TPSA) is 9.23 Å². The predicted octanol–water partition coefficient (Wildman–Crippen LogP) is 4.98. The summed E-state index contributed by atoms with van der Waals surface area (Å²) < 4.78 is 6.14. The first-order chi connectivity index (χ1) is 8.68. The smallest absolute Gasteiger partial charge is 0.0462 e. The number of methoxy groups -OCH3 is 1. The first-order valence-electron chi connectivity index (χ1n) is 6.05. The second-order valence-corrected chi connectivity index (χ2v) is 5.96. The van der Waals surface area contributed by atoms with Crippen LogP contribution in [0.5, 0.6) is 0 Å². The van der Waals surface area contributed by atoms with Gasteiger partial charge in [-0.1, -0.05) is 34.5 Å². The summed E-state index contributed by atoms with van der Waals surface area (Å²) in [6.45, 7) is 0.791. The lowest BCUT2D eigenvalue weighted by atomic mass is 9.80.